The normalized spacial score (nSPS) is 27.3. The molecule has 23 nitrogen and oxygen atoms in total. The average molecular weight is 1220 g/mol. The number of fused-ring (bicyclic) bond motifs is 5. The van der Waals surface area contributed by atoms with Gasteiger partial charge >= 0.3 is 29.8 Å². The van der Waals surface area contributed by atoms with Crippen molar-refractivity contribution in [1.82, 2.24) is 21.3 Å². The third-order valence-electron chi connectivity index (χ3n) is 17.5. The van der Waals surface area contributed by atoms with E-state index >= 15 is 14.4 Å². The monoisotopic (exact) mass is 1220 g/mol. The van der Waals surface area contributed by atoms with Crippen molar-refractivity contribution in [3.8, 4) is 0 Å². The van der Waals surface area contributed by atoms with Gasteiger partial charge in [0.1, 0.15) is 48.1 Å². The Bertz CT molecular complexity index is 3150. The number of nitrogens with one attached hydrogen (secondary N) is 4. The Balaban J connectivity index is 1.37. The van der Waals surface area contributed by atoms with E-state index in [1.807, 2.05) is 13.8 Å². The molecule has 2 bridgehead atoms. The smallest absolute Gasteiger partial charge is 0.350 e. The molecule has 0 spiro atoms. The number of benzene rings is 3. The van der Waals surface area contributed by atoms with Gasteiger partial charge < -0.3 is 65.6 Å². The first-order chi connectivity index (χ1) is 41.3. The van der Waals surface area contributed by atoms with Crippen LogP contribution in [0.2, 0.25) is 0 Å². The summed E-state index contributed by atoms with van der Waals surface area (Å²) < 4.78 is 37.4. The predicted molar refractivity (Wildman–Crippen MR) is 316 cm³/mol. The van der Waals surface area contributed by atoms with Crippen molar-refractivity contribution < 1.29 is 86.6 Å². The molecule has 3 fully saturated rings. The van der Waals surface area contributed by atoms with E-state index in [1.54, 1.807) is 80.6 Å². The molecular formula is C65H83N5O18. The second-order valence-electron chi connectivity index (χ2n) is 25.2. The second-order valence-corrected chi connectivity index (χ2v) is 25.2. The molecular weight excluding hydrogens is 1140 g/mol. The number of ketones is 1. The van der Waals surface area contributed by atoms with Gasteiger partial charge in [-0.3, -0.25) is 33.6 Å². The number of aliphatic hydroxyl groups is 2. The quantitative estimate of drug-likeness (QED) is 0.0421. The Kier molecular flexibility index (Phi) is 21.0. The molecule has 1 aliphatic heterocycles. The predicted octanol–water partition coefficient (Wildman–Crippen LogP) is 4.20. The number of hydrogen-bond donors (Lipinski definition) is 7. The highest BCUT2D eigenvalue weighted by Crippen LogP contribution is 2.64. The minimum absolute atomic E-state index is 0.000406. The number of rotatable bonds is 22. The molecule has 4 aliphatic rings. The third-order valence-corrected chi connectivity index (χ3v) is 17.5. The molecule has 0 aromatic heterocycles. The summed E-state index contributed by atoms with van der Waals surface area (Å²) in [5.74, 6) is -11.3. The molecule has 3 aliphatic carbocycles. The van der Waals surface area contributed by atoms with Crippen LogP contribution in [0.1, 0.15) is 141 Å². The Hall–Kier alpha value is -7.86. The lowest BCUT2D eigenvalue weighted by Gasteiger charge is -2.67. The van der Waals surface area contributed by atoms with Gasteiger partial charge in [-0.25, -0.2) is 14.4 Å². The lowest BCUT2D eigenvalue weighted by Crippen LogP contribution is -2.82. The molecule has 1 saturated heterocycles. The molecule has 15 atom stereocenters. The fourth-order valence-electron chi connectivity index (χ4n) is 12.9. The van der Waals surface area contributed by atoms with Crippen LogP contribution in [0.15, 0.2) is 102 Å². The molecule has 3 aromatic rings. The van der Waals surface area contributed by atoms with E-state index < -0.39 is 167 Å². The molecule has 1 heterocycles. The highest BCUT2D eigenvalue weighted by Gasteiger charge is 2.78. The summed E-state index contributed by atoms with van der Waals surface area (Å²) in [6.07, 6.45) is -11.5. The summed E-state index contributed by atoms with van der Waals surface area (Å²) in [4.78, 5) is 143. The molecule has 4 amide bonds. The van der Waals surface area contributed by atoms with E-state index in [0.717, 1.165) is 13.8 Å². The average Bonchev–Trinajstić information content (AvgIpc) is 0.678. The summed E-state index contributed by atoms with van der Waals surface area (Å²) >= 11 is 0. The Morgan fingerprint density at radius 1 is 0.693 bits per heavy atom. The Morgan fingerprint density at radius 2 is 1.25 bits per heavy atom. The van der Waals surface area contributed by atoms with Gasteiger partial charge in [-0.05, 0) is 93.3 Å². The van der Waals surface area contributed by atoms with Crippen LogP contribution in [0.3, 0.4) is 0 Å². The maximum atomic E-state index is 16.0. The van der Waals surface area contributed by atoms with Crippen LogP contribution >= 0.6 is 0 Å². The minimum Gasteiger partial charge on any atom is -0.455 e. The van der Waals surface area contributed by atoms with Crippen LogP contribution in [0, 0.1) is 28.6 Å². The number of carbonyl (C=O) groups excluding carboxylic acids is 10. The third kappa shape index (κ3) is 13.9. The van der Waals surface area contributed by atoms with Crippen molar-refractivity contribution in [2.24, 2.45) is 34.3 Å². The first-order valence-corrected chi connectivity index (χ1v) is 29.7. The molecule has 476 valence electrons. The van der Waals surface area contributed by atoms with Crippen molar-refractivity contribution in [1.29, 1.82) is 0 Å². The molecule has 0 radical (unpaired) electrons. The maximum Gasteiger partial charge on any atom is 0.350 e. The van der Waals surface area contributed by atoms with Crippen LogP contribution in [0.4, 0.5) is 0 Å². The van der Waals surface area contributed by atoms with Gasteiger partial charge in [0.2, 0.25) is 23.8 Å². The topological polar surface area (TPSA) is 341 Å². The van der Waals surface area contributed by atoms with Gasteiger partial charge in [0.05, 0.1) is 35.6 Å². The van der Waals surface area contributed by atoms with Gasteiger partial charge in [-0.1, -0.05) is 108 Å². The number of aliphatic hydroxyl groups excluding tert-OH is 1. The van der Waals surface area contributed by atoms with E-state index in [2.05, 4.69) is 21.3 Å². The van der Waals surface area contributed by atoms with Crippen LogP contribution < -0.4 is 27.0 Å². The van der Waals surface area contributed by atoms with Crippen molar-refractivity contribution >= 4 is 59.3 Å². The minimum atomic E-state index is -2.57. The van der Waals surface area contributed by atoms with Crippen molar-refractivity contribution in [3.05, 3.63) is 119 Å². The van der Waals surface area contributed by atoms with Crippen molar-refractivity contribution in [2.75, 3.05) is 6.61 Å². The number of nitrogens with two attached hydrogens (primary N) is 1. The van der Waals surface area contributed by atoms with E-state index in [0.29, 0.717) is 0 Å². The fourth-order valence-corrected chi connectivity index (χ4v) is 12.9. The van der Waals surface area contributed by atoms with E-state index in [-0.39, 0.29) is 58.9 Å². The zero-order valence-electron chi connectivity index (χ0n) is 51.8. The summed E-state index contributed by atoms with van der Waals surface area (Å²) in [5, 5.41) is 37.2. The lowest BCUT2D eigenvalue weighted by molar-refractivity contribution is -0.346. The van der Waals surface area contributed by atoms with Gasteiger partial charge in [-0.2, -0.15) is 0 Å². The Morgan fingerprint density at radius 3 is 1.78 bits per heavy atom. The summed E-state index contributed by atoms with van der Waals surface area (Å²) in [6.45, 7) is 17.6. The number of hydrogen-bond acceptors (Lipinski definition) is 19. The standard InChI is InChI=1S/C65H83N5O18/c1-33(2)28-43(68-55(75)36(6)66)58(78)67-37(7)56(76)69-44(29-34(3)4)60(80)86-51(49(40-22-16-13-17-23-40)70-57(77)41-24-18-14-19-25-41)61(81)85-45-31-65(82)54(87-59(79)42-26-20-15-21-27-42)52-63(12,46(73)30-47-64(52,32-83-47)88-39(9)72)53(74)50(84-38(8)71)48(35(45)5)62(65,10)11/h13-27,33-34,36-37,43-47,49-52,54,73,82H,28-32,66H2,1-12H3,(H,67,78)(H,68,75)(H,69,76)(H,70,77)/t36?,37?,43?,44?,45-,46-,47+,49-,50+,51+,52-,54-,63+,64-,65+/m0/s1. The summed E-state index contributed by atoms with van der Waals surface area (Å²) in [6, 6.07) is 17.1. The zero-order valence-corrected chi connectivity index (χ0v) is 51.8. The highest BCUT2D eigenvalue weighted by molar-refractivity contribution is 5.97. The number of amides is 4. The van der Waals surface area contributed by atoms with E-state index in [4.69, 9.17) is 34.2 Å². The van der Waals surface area contributed by atoms with Crippen LogP contribution in [0.25, 0.3) is 0 Å². The summed E-state index contributed by atoms with van der Waals surface area (Å²) in [5.41, 5.74) is -2.38. The summed E-state index contributed by atoms with van der Waals surface area (Å²) in [7, 11) is 0. The number of esters is 5. The van der Waals surface area contributed by atoms with Crippen LogP contribution in [-0.2, 0) is 66.8 Å². The number of ether oxygens (including phenoxy) is 6. The van der Waals surface area contributed by atoms with E-state index in [1.165, 1.54) is 65.8 Å². The molecule has 88 heavy (non-hydrogen) atoms. The van der Waals surface area contributed by atoms with Gasteiger partial charge in [0.25, 0.3) is 5.91 Å². The zero-order chi connectivity index (χ0) is 65.0. The first-order valence-electron chi connectivity index (χ1n) is 29.7. The molecule has 4 unspecified atom stereocenters. The molecule has 23 heteroatoms. The largest absolute Gasteiger partial charge is 0.455 e. The SMILES string of the molecule is CC(=O)O[C@H]1C(=O)[C@@]2(C)[C@H]([C@H](OC(=O)c3ccccc3)[C@]3(O)C[C@H](OC(=O)[C@H](OC(=O)C(CC(C)C)NC(=O)C(C)NC(=O)C(CC(C)C)NC(=O)C(C)N)[C@@H](NC(=O)c4ccccc4)c4ccccc4)C(C)=C1C3(C)C)[C@]1(OC(C)=O)CO[C@@H]1C[C@@H]2O. The van der Waals surface area contributed by atoms with Crippen LogP contribution in [0.5, 0.6) is 0 Å². The maximum absolute atomic E-state index is 16.0. The highest BCUT2D eigenvalue weighted by atomic mass is 16.6. The first kappa shape index (κ1) is 67.6. The van der Waals surface area contributed by atoms with Gasteiger partial charge in [-0.15, -0.1) is 0 Å². The van der Waals surface area contributed by atoms with E-state index in [9.17, 15) is 43.8 Å². The molecule has 7 rings (SSSR count). The van der Waals surface area contributed by atoms with Gasteiger partial charge in [0, 0.05) is 37.7 Å². The molecule has 2 saturated carbocycles. The number of Topliss-reactive ketones (excluding diaryl/α,β-unsaturated/α-hetero) is 1. The Labute approximate surface area is 511 Å². The van der Waals surface area contributed by atoms with Gasteiger partial charge in [0.15, 0.2) is 17.5 Å². The van der Waals surface area contributed by atoms with Crippen molar-refractivity contribution in [2.45, 2.75) is 187 Å². The molecule has 8 N–H and O–H groups in total. The second kappa shape index (κ2) is 27.3. The lowest BCUT2D eigenvalue weighted by atomic mass is 9.44. The van der Waals surface area contributed by atoms with Crippen LogP contribution in [-0.4, -0.2) is 148 Å². The molecule has 3 aromatic carbocycles. The van der Waals surface area contributed by atoms with Crippen molar-refractivity contribution in [3.63, 3.8) is 0 Å². The number of carbonyl (C=O) groups is 10. The fraction of sp³-hybridized carbons (Fsp3) is 0.538.